The van der Waals surface area contributed by atoms with E-state index in [0.717, 1.165) is 19.4 Å². The Morgan fingerprint density at radius 3 is 2.82 bits per heavy atom. The normalized spacial score (nSPS) is 26.5. The molecule has 3 unspecified atom stereocenters. The Balaban J connectivity index is 1.44. The highest BCUT2D eigenvalue weighted by atomic mass is 35.5. The van der Waals surface area contributed by atoms with Crippen LogP contribution in [0.25, 0.3) is 0 Å². The molecule has 0 aromatic heterocycles. The van der Waals surface area contributed by atoms with E-state index in [4.69, 9.17) is 16.3 Å². The van der Waals surface area contributed by atoms with Crippen LogP contribution in [0.5, 0.6) is 0 Å². The van der Waals surface area contributed by atoms with Gasteiger partial charge in [-0.15, -0.1) is 0 Å². The number of carbonyl (C=O) groups is 2. The van der Waals surface area contributed by atoms with E-state index in [0.29, 0.717) is 23.7 Å². The maximum absolute atomic E-state index is 12.1. The van der Waals surface area contributed by atoms with Crippen molar-refractivity contribution in [1.29, 1.82) is 0 Å². The number of carbonyl (C=O) groups excluding carboxylic acids is 2. The Hall–Kier alpha value is -1.59. The molecule has 2 N–H and O–H groups in total. The van der Waals surface area contributed by atoms with E-state index in [1.807, 2.05) is 0 Å². The van der Waals surface area contributed by atoms with Crippen LogP contribution < -0.4 is 10.6 Å². The van der Waals surface area contributed by atoms with E-state index in [9.17, 15) is 9.59 Å². The average molecular weight is 323 g/mol. The molecule has 1 aromatic rings. The van der Waals surface area contributed by atoms with Crippen molar-refractivity contribution in [3.05, 3.63) is 29.3 Å². The molecule has 2 aliphatic rings. The Morgan fingerprint density at radius 2 is 2.09 bits per heavy atom. The second kappa shape index (κ2) is 6.67. The molecular formula is C16H19ClN2O3. The van der Waals surface area contributed by atoms with Crippen LogP contribution in [-0.2, 0) is 14.3 Å². The fourth-order valence-electron chi connectivity index (χ4n) is 2.73. The van der Waals surface area contributed by atoms with Crippen LogP contribution in [0.2, 0.25) is 5.02 Å². The van der Waals surface area contributed by atoms with Crippen molar-refractivity contribution < 1.29 is 14.3 Å². The quantitative estimate of drug-likeness (QED) is 0.873. The maximum Gasteiger partial charge on any atom is 0.228 e. The first kappa shape index (κ1) is 15.3. The summed E-state index contributed by atoms with van der Waals surface area (Å²) < 4.78 is 5.46. The van der Waals surface area contributed by atoms with Gasteiger partial charge in [0.2, 0.25) is 11.8 Å². The fourth-order valence-corrected chi connectivity index (χ4v) is 2.92. The number of nitrogens with one attached hydrogen (secondary N) is 2. The first-order valence-electron chi connectivity index (χ1n) is 7.59. The van der Waals surface area contributed by atoms with Gasteiger partial charge in [0.05, 0.1) is 17.9 Å². The molecule has 118 valence electrons. The number of halogens is 1. The number of ether oxygens (including phenoxy) is 1. The number of rotatable bonds is 5. The summed E-state index contributed by atoms with van der Waals surface area (Å²) in [4.78, 5) is 24.1. The molecule has 1 aliphatic carbocycles. The molecule has 22 heavy (non-hydrogen) atoms. The Kier molecular flexibility index (Phi) is 4.64. The third kappa shape index (κ3) is 3.78. The molecule has 3 rings (SSSR count). The molecule has 0 bridgehead atoms. The summed E-state index contributed by atoms with van der Waals surface area (Å²) >= 11 is 5.88. The summed E-state index contributed by atoms with van der Waals surface area (Å²) in [5.41, 5.74) is 0.655. The lowest BCUT2D eigenvalue weighted by atomic mass is 10.2. The van der Waals surface area contributed by atoms with E-state index in [2.05, 4.69) is 10.6 Å². The Morgan fingerprint density at radius 1 is 1.27 bits per heavy atom. The molecule has 5 nitrogen and oxygen atoms in total. The standard InChI is InChI=1S/C16H19ClN2O3/c17-10-3-1-4-11(7-10)19-16(21)14-8-13(14)15(20)18-9-12-5-2-6-22-12/h1,3-4,7,12-14H,2,5-6,8-9H2,(H,18,20)(H,19,21). The zero-order valence-corrected chi connectivity index (χ0v) is 12.9. The van der Waals surface area contributed by atoms with Gasteiger partial charge in [0.25, 0.3) is 0 Å². The van der Waals surface area contributed by atoms with Crippen molar-refractivity contribution in [2.45, 2.75) is 25.4 Å². The average Bonchev–Trinajstić information content (AvgIpc) is 3.13. The zero-order chi connectivity index (χ0) is 15.5. The molecular weight excluding hydrogens is 304 g/mol. The van der Waals surface area contributed by atoms with Crippen LogP contribution >= 0.6 is 11.6 Å². The third-order valence-electron chi connectivity index (χ3n) is 4.08. The minimum atomic E-state index is -0.247. The van der Waals surface area contributed by atoms with E-state index in [1.165, 1.54) is 0 Å². The van der Waals surface area contributed by atoms with Gasteiger partial charge in [0.15, 0.2) is 0 Å². The van der Waals surface area contributed by atoms with Gasteiger partial charge in [-0.05, 0) is 37.5 Å². The lowest BCUT2D eigenvalue weighted by Gasteiger charge is -2.10. The molecule has 1 saturated carbocycles. The summed E-state index contributed by atoms with van der Waals surface area (Å²) in [6.45, 7) is 1.31. The van der Waals surface area contributed by atoms with Crippen molar-refractivity contribution in [2.24, 2.45) is 11.8 Å². The number of hydrogen-bond acceptors (Lipinski definition) is 3. The molecule has 1 saturated heterocycles. The molecule has 0 radical (unpaired) electrons. The maximum atomic E-state index is 12.1. The first-order chi connectivity index (χ1) is 10.6. The Bertz CT molecular complexity index is 572. The van der Waals surface area contributed by atoms with Crippen molar-refractivity contribution in [3.63, 3.8) is 0 Å². The highest BCUT2D eigenvalue weighted by Crippen LogP contribution is 2.39. The smallest absolute Gasteiger partial charge is 0.228 e. The predicted octanol–water partition coefficient (Wildman–Crippen LogP) is 2.21. The van der Waals surface area contributed by atoms with Gasteiger partial charge in [0.1, 0.15) is 0 Å². The highest BCUT2D eigenvalue weighted by molar-refractivity contribution is 6.30. The summed E-state index contributed by atoms with van der Waals surface area (Å²) in [5, 5.41) is 6.25. The zero-order valence-electron chi connectivity index (χ0n) is 12.2. The molecule has 1 aliphatic heterocycles. The lowest BCUT2D eigenvalue weighted by molar-refractivity contribution is -0.125. The molecule has 0 spiro atoms. The number of anilines is 1. The van der Waals surface area contributed by atoms with Gasteiger partial charge in [-0.1, -0.05) is 17.7 Å². The van der Waals surface area contributed by atoms with E-state index >= 15 is 0 Å². The topological polar surface area (TPSA) is 67.4 Å². The van der Waals surface area contributed by atoms with Crippen LogP contribution in [-0.4, -0.2) is 31.1 Å². The van der Waals surface area contributed by atoms with Gasteiger partial charge >= 0.3 is 0 Å². The molecule has 6 heteroatoms. The number of amides is 2. The molecule has 2 amide bonds. The van der Waals surface area contributed by atoms with Crippen LogP contribution in [0.15, 0.2) is 24.3 Å². The van der Waals surface area contributed by atoms with Gasteiger partial charge in [-0.2, -0.15) is 0 Å². The van der Waals surface area contributed by atoms with E-state index < -0.39 is 0 Å². The van der Waals surface area contributed by atoms with Crippen LogP contribution in [0.4, 0.5) is 5.69 Å². The van der Waals surface area contributed by atoms with Crippen LogP contribution in [0.3, 0.4) is 0 Å². The van der Waals surface area contributed by atoms with Crippen molar-refractivity contribution >= 4 is 29.1 Å². The van der Waals surface area contributed by atoms with Crippen molar-refractivity contribution in [1.82, 2.24) is 5.32 Å². The minimum absolute atomic E-state index is 0.0539. The third-order valence-corrected chi connectivity index (χ3v) is 4.32. The highest BCUT2D eigenvalue weighted by Gasteiger charge is 2.48. The second-order valence-electron chi connectivity index (χ2n) is 5.83. The lowest BCUT2D eigenvalue weighted by Crippen LogP contribution is -2.33. The van der Waals surface area contributed by atoms with Gasteiger partial charge in [0, 0.05) is 23.9 Å². The number of hydrogen-bond donors (Lipinski definition) is 2. The second-order valence-corrected chi connectivity index (χ2v) is 6.26. The molecule has 1 heterocycles. The van der Waals surface area contributed by atoms with Crippen LogP contribution in [0.1, 0.15) is 19.3 Å². The van der Waals surface area contributed by atoms with Gasteiger partial charge in [-0.3, -0.25) is 9.59 Å². The molecule has 1 aromatic carbocycles. The predicted molar refractivity (Wildman–Crippen MR) is 83.7 cm³/mol. The summed E-state index contributed by atoms with van der Waals surface area (Å²) in [6, 6.07) is 6.99. The minimum Gasteiger partial charge on any atom is -0.376 e. The Labute approximate surface area is 134 Å². The van der Waals surface area contributed by atoms with E-state index in [1.54, 1.807) is 24.3 Å². The largest absolute Gasteiger partial charge is 0.376 e. The van der Waals surface area contributed by atoms with Crippen molar-refractivity contribution in [3.8, 4) is 0 Å². The van der Waals surface area contributed by atoms with Gasteiger partial charge in [-0.25, -0.2) is 0 Å². The summed E-state index contributed by atoms with van der Waals surface area (Å²) in [7, 11) is 0. The number of benzene rings is 1. The monoisotopic (exact) mass is 322 g/mol. The fraction of sp³-hybridized carbons (Fsp3) is 0.500. The van der Waals surface area contributed by atoms with Gasteiger partial charge < -0.3 is 15.4 Å². The summed E-state index contributed by atoms with van der Waals surface area (Å²) in [6.07, 6.45) is 2.77. The van der Waals surface area contributed by atoms with E-state index in [-0.39, 0.29) is 29.8 Å². The first-order valence-corrected chi connectivity index (χ1v) is 7.97. The molecule has 2 fully saturated rings. The molecule has 3 atom stereocenters. The van der Waals surface area contributed by atoms with Crippen molar-refractivity contribution in [2.75, 3.05) is 18.5 Å². The summed E-state index contributed by atoms with van der Waals surface area (Å²) in [5.74, 6) is -0.648. The van der Waals surface area contributed by atoms with Crippen LogP contribution in [0, 0.1) is 11.8 Å². The SMILES string of the molecule is O=C(NCC1CCCO1)C1CC1C(=O)Nc1cccc(Cl)c1.